The van der Waals surface area contributed by atoms with Crippen molar-refractivity contribution in [3.05, 3.63) is 40.6 Å². The third-order valence-electron chi connectivity index (χ3n) is 3.41. The van der Waals surface area contributed by atoms with Crippen LogP contribution >= 0.6 is 0 Å². The zero-order chi connectivity index (χ0) is 18.1. The lowest BCUT2D eigenvalue weighted by Crippen LogP contribution is -2.44. The Morgan fingerprint density at radius 3 is 2.54 bits per heavy atom. The summed E-state index contributed by atoms with van der Waals surface area (Å²) in [6.07, 6.45) is 1.31. The first-order valence-electron chi connectivity index (χ1n) is 6.92. The second-order valence-electron chi connectivity index (χ2n) is 5.42. The molecule has 0 amide bonds. The summed E-state index contributed by atoms with van der Waals surface area (Å²) in [6, 6.07) is 3.62. The molecule has 9 nitrogen and oxygen atoms in total. The highest BCUT2D eigenvalue weighted by Crippen LogP contribution is 2.29. The van der Waals surface area contributed by atoms with Gasteiger partial charge in [0.1, 0.15) is 10.9 Å². The third kappa shape index (κ3) is 3.34. The zero-order valence-corrected chi connectivity index (χ0v) is 13.6. The van der Waals surface area contributed by atoms with Crippen LogP contribution in [0.5, 0.6) is 0 Å². The number of hydrogen-bond donors (Lipinski definition) is 2. The third-order valence-corrected chi connectivity index (χ3v) is 4.88. The van der Waals surface area contributed by atoms with E-state index in [-0.39, 0.29) is 21.5 Å². The van der Waals surface area contributed by atoms with Gasteiger partial charge in [0.05, 0.1) is 15.8 Å². The molecule has 24 heavy (non-hydrogen) atoms. The van der Waals surface area contributed by atoms with Gasteiger partial charge in [-0.1, -0.05) is 13.8 Å². The fraction of sp³-hybridized carbons (Fsp3) is 0.286. The number of nitro groups is 1. The van der Waals surface area contributed by atoms with Gasteiger partial charge in [0.2, 0.25) is 10.0 Å². The highest BCUT2D eigenvalue weighted by molar-refractivity contribution is 7.89. The maximum atomic E-state index is 12.6. The molecule has 0 spiro atoms. The van der Waals surface area contributed by atoms with Gasteiger partial charge in [0, 0.05) is 12.3 Å². The predicted octanol–water partition coefficient (Wildman–Crippen LogP) is 1.53. The molecule has 1 heterocycles. The second-order valence-corrected chi connectivity index (χ2v) is 7.10. The topological polar surface area (TPSA) is 140 Å². The van der Waals surface area contributed by atoms with Crippen molar-refractivity contribution < 1.29 is 23.2 Å². The van der Waals surface area contributed by atoms with Gasteiger partial charge in [-0.3, -0.25) is 19.9 Å². The first-order valence-corrected chi connectivity index (χ1v) is 8.40. The number of carboxylic acids is 1. The Balaban J connectivity index is 2.62. The summed E-state index contributed by atoms with van der Waals surface area (Å²) >= 11 is 0. The Morgan fingerprint density at radius 1 is 1.33 bits per heavy atom. The van der Waals surface area contributed by atoms with E-state index in [4.69, 9.17) is 5.11 Å². The summed E-state index contributed by atoms with van der Waals surface area (Å²) in [5.41, 5.74) is -0.372. The lowest BCUT2D eigenvalue weighted by atomic mass is 10.1. The quantitative estimate of drug-likeness (QED) is 0.593. The minimum atomic E-state index is -4.23. The number of non-ortho nitro benzene ring substituents is 1. The summed E-state index contributed by atoms with van der Waals surface area (Å²) in [6.45, 7) is 3.13. The van der Waals surface area contributed by atoms with Gasteiger partial charge in [-0.05, 0) is 24.1 Å². The number of aliphatic carboxylic acids is 1. The highest BCUT2D eigenvalue weighted by atomic mass is 32.2. The normalized spacial score (nSPS) is 13.1. The number of nitro benzene ring substituents is 1. The van der Waals surface area contributed by atoms with Crippen molar-refractivity contribution in [3.63, 3.8) is 0 Å². The number of fused-ring (bicyclic) bond motifs is 1. The molecule has 0 saturated carbocycles. The van der Waals surface area contributed by atoms with Gasteiger partial charge in [0.25, 0.3) is 5.69 Å². The van der Waals surface area contributed by atoms with Crippen LogP contribution in [0.3, 0.4) is 0 Å². The molecule has 0 fully saturated rings. The Morgan fingerprint density at radius 2 is 2.00 bits per heavy atom. The van der Waals surface area contributed by atoms with Gasteiger partial charge in [-0.2, -0.15) is 4.72 Å². The van der Waals surface area contributed by atoms with Crippen LogP contribution in [0.15, 0.2) is 35.4 Å². The molecule has 1 aromatic carbocycles. The number of rotatable bonds is 6. The monoisotopic (exact) mass is 353 g/mol. The van der Waals surface area contributed by atoms with E-state index in [0.717, 1.165) is 12.1 Å². The molecule has 0 aliphatic rings. The van der Waals surface area contributed by atoms with Crippen molar-refractivity contribution in [1.29, 1.82) is 0 Å². The molecular formula is C14H15N3O6S. The first-order chi connectivity index (χ1) is 11.1. The molecule has 128 valence electrons. The minimum Gasteiger partial charge on any atom is -0.480 e. The van der Waals surface area contributed by atoms with Crippen molar-refractivity contribution in [2.45, 2.75) is 24.8 Å². The number of nitrogens with one attached hydrogen (secondary N) is 1. The van der Waals surface area contributed by atoms with E-state index >= 15 is 0 Å². The van der Waals surface area contributed by atoms with E-state index in [1.165, 1.54) is 18.3 Å². The van der Waals surface area contributed by atoms with Crippen molar-refractivity contribution in [3.8, 4) is 0 Å². The SMILES string of the molecule is CC(C)[C@H](NS(=O)(=O)c1ccc([N+](=O)[O-])c2cccnc12)C(=O)O. The lowest BCUT2D eigenvalue weighted by Gasteiger charge is -2.18. The maximum Gasteiger partial charge on any atom is 0.322 e. The van der Waals surface area contributed by atoms with Gasteiger partial charge in [-0.15, -0.1) is 0 Å². The number of aromatic nitrogens is 1. The van der Waals surface area contributed by atoms with Crippen LogP contribution in [-0.4, -0.2) is 35.4 Å². The van der Waals surface area contributed by atoms with Crippen molar-refractivity contribution in [2.24, 2.45) is 5.92 Å². The number of hydrogen-bond acceptors (Lipinski definition) is 6. The van der Waals surface area contributed by atoms with E-state index in [1.807, 2.05) is 0 Å². The van der Waals surface area contributed by atoms with Crippen LogP contribution in [-0.2, 0) is 14.8 Å². The molecule has 2 rings (SSSR count). The number of benzene rings is 1. The smallest absolute Gasteiger partial charge is 0.322 e. The van der Waals surface area contributed by atoms with E-state index in [1.54, 1.807) is 13.8 Å². The zero-order valence-electron chi connectivity index (χ0n) is 12.8. The molecule has 0 bridgehead atoms. The number of pyridine rings is 1. The molecule has 1 atom stereocenters. The predicted molar refractivity (Wildman–Crippen MR) is 85.0 cm³/mol. The summed E-state index contributed by atoms with van der Waals surface area (Å²) in [4.78, 5) is 25.3. The van der Waals surface area contributed by atoms with Crippen LogP contribution in [0.4, 0.5) is 5.69 Å². The van der Waals surface area contributed by atoms with E-state index in [0.29, 0.717) is 0 Å². The highest BCUT2D eigenvalue weighted by Gasteiger charge is 2.30. The van der Waals surface area contributed by atoms with Crippen LogP contribution in [0.1, 0.15) is 13.8 Å². The molecule has 0 aliphatic carbocycles. The largest absolute Gasteiger partial charge is 0.480 e. The standard InChI is InChI=1S/C14H15N3O6S/c1-8(2)12(14(18)19)16-24(22,23)11-6-5-10(17(20)21)9-4-3-7-15-13(9)11/h3-8,12,16H,1-2H3,(H,18,19)/t12-/m0/s1. The summed E-state index contributed by atoms with van der Waals surface area (Å²) in [5.74, 6) is -1.80. The molecule has 0 aliphatic heterocycles. The van der Waals surface area contributed by atoms with Crippen molar-refractivity contribution in [2.75, 3.05) is 0 Å². The molecule has 0 unspecified atom stereocenters. The fourth-order valence-electron chi connectivity index (χ4n) is 2.21. The molecule has 1 aromatic heterocycles. The van der Waals surface area contributed by atoms with Gasteiger partial charge >= 0.3 is 5.97 Å². The molecule has 2 aromatic rings. The number of carboxylic acid groups (broad SMARTS) is 1. The maximum absolute atomic E-state index is 12.6. The fourth-order valence-corrected chi connectivity index (χ4v) is 3.71. The Bertz CT molecular complexity index is 910. The Labute approximate surface area is 137 Å². The summed E-state index contributed by atoms with van der Waals surface area (Å²) in [7, 11) is -4.23. The molecule has 0 saturated heterocycles. The van der Waals surface area contributed by atoms with Crippen LogP contribution in [0.25, 0.3) is 10.9 Å². The molecule has 2 N–H and O–H groups in total. The number of carbonyl (C=O) groups is 1. The molecular weight excluding hydrogens is 338 g/mol. The van der Waals surface area contributed by atoms with Gasteiger partial charge < -0.3 is 5.11 Å². The lowest BCUT2D eigenvalue weighted by molar-refractivity contribution is -0.383. The van der Waals surface area contributed by atoms with Crippen LogP contribution in [0, 0.1) is 16.0 Å². The molecule has 10 heteroatoms. The number of nitrogens with zero attached hydrogens (tertiary/aromatic N) is 2. The molecule has 0 radical (unpaired) electrons. The number of sulfonamides is 1. The van der Waals surface area contributed by atoms with Crippen LogP contribution < -0.4 is 4.72 Å². The minimum absolute atomic E-state index is 0.0572. The summed E-state index contributed by atoms with van der Waals surface area (Å²) < 4.78 is 27.2. The summed E-state index contributed by atoms with van der Waals surface area (Å²) in [5, 5.41) is 20.3. The average Bonchev–Trinajstić information content (AvgIpc) is 2.50. The average molecular weight is 353 g/mol. The van der Waals surface area contributed by atoms with Crippen molar-refractivity contribution in [1.82, 2.24) is 9.71 Å². The van der Waals surface area contributed by atoms with E-state index < -0.39 is 32.9 Å². The van der Waals surface area contributed by atoms with Crippen molar-refractivity contribution >= 4 is 32.6 Å². The van der Waals surface area contributed by atoms with E-state index in [2.05, 4.69) is 9.71 Å². The Hall–Kier alpha value is -2.59. The Kier molecular flexibility index (Phi) is 4.81. The van der Waals surface area contributed by atoms with E-state index in [9.17, 15) is 23.3 Å². The van der Waals surface area contributed by atoms with Gasteiger partial charge in [0.15, 0.2) is 0 Å². The van der Waals surface area contributed by atoms with Crippen LogP contribution in [0.2, 0.25) is 0 Å². The van der Waals surface area contributed by atoms with Gasteiger partial charge in [-0.25, -0.2) is 8.42 Å². The first kappa shape index (κ1) is 17.8. The second kappa shape index (κ2) is 6.49.